The maximum atomic E-state index is 11.5. The maximum Gasteiger partial charge on any atom is 0.230 e. The predicted molar refractivity (Wildman–Crippen MR) is 86.9 cm³/mol. The molecule has 4 heterocycles. The van der Waals surface area contributed by atoms with Gasteiger partial charge < -0.3 is 14.4 Å². The number of aromatic hydroxyl groups is 1. The van der Waals surface area contributed by atoms with Crippen LogP contribution in [0.25, 0.3) is 4.96 Å². The summed E-state index contributed by atoms with van der Waals surface area (Å²) >= 11 is 1.39. The molecule has 24 heavy (non-hydrogen) atoms. The van der Waals surface area contributed by atoms with E-state index in [0.29, 0.717) is 31.1 Å². The lowest BCUT2D eigenvalue weighted by Gasteiger charge is -2.37. The minimum atomic E-state index is -0.220. The SMILES string of the molecule is CC(=O)N1CCN(C(c2ccco2)c2sc3ncnn3c2O)CC1. The molecule has 1 N–H and O–H groups in total. The molecule has 1 unspecified atom stereocenters. The Morgan fingerprint density at radius 2 is 2.17 bits per heavy atom. The van der Waals surface area contributed by atoms with Gasteiger partial charge in [-0.25, -0.2) is 4.98 Å². The third-order valence-corrected chi connectivity index (χ3v) is 5.41. The lowest BCUT2D eigenvalue weighted by molar-refractivity contribution is -0.130. The Hall–Kier alpha value is -2.39. The molecule has 8 nitrogen and oxygen atoms in total. The highest BCUT2D eigenvalue weighted by atomic mass is 32.1. The number of nitrogens with zero attached hydrogens (tertiary/aromatic N) is 5. The third-order valence-electron chi connectivity index (χ3n) is 4.32. The van der Waals surface area contributed by atoms with Crippen LogP contribution in [0.15, 0.2) is 29.1 Å². The minimum absolute atomic E-state index is 0.0860. The van der Waals surface area contributed by atoms with E-state index in [1.807, 2.05) is 17.0 Å². The van der Waals surface area contributed by atoms with Gasteiger partial charge in [0.05, 0.1) is 11.1 Å². The smallest absolute Gasteiger partial charge is 0.230 e. The predicted octanol–water partition coefficient (Wildman–Crippen LogP) is 1.34. The number of carbonyl (C=O) groups is 1. The first-order valence-electron chi connectivity index (χ1n) is 7.69. The molecule has 0 saturated carbocycles. The molecule has 0 bridgehead atoms. The van der Waals surface area contributed by atoms with E-state index in [2.05, 4.69) is 15.0 Å². The molecule has 0 radical (unpaired) electrons. The first-order chi connectivity index (χ1) is 11.6. The molecule has 1 aliphatic rings. The highest BCUT2D eigenvalue weighted by Crippen LogP contribution is 2.40. The van der Waals surface area contributed by atoms with Gasteiger partial charge in [0.15, 0.2) is 0 Å². The van der Waals surface area contributed by atoms with Crippen molar-refractivity contribution in [1.29, 1.82) is 0 Å². The Bertz CT molecular complexity index is 848. The summed E-state index contributed by atoms with van der Waals surface area (Å²) in [6, 6.07) is 3.52. The largest absolute Gasteiger partial charge is 0.492 e. The molecular formula is C15H17N5O3S. The van der Waals surface area contributed by atoms with E-state index in [-0.39, 0.29) is 17.8 Å². The molecule has 3 aromatic rings. The van der Waals surface area contributed by atoms with Gasteiger partial charge in [-0.2, -0.15) is 9.61 Å². The first-order valence-corrected chi connectivity index (χ1v) is 8.51. The van der Waals surface area contributed by atoms with Crippen LogP contribution in [-0.2, 0) is 4.79 Å². The standard InChI is InChI=1S/C15H17N5O3S/c1-10(21)18-4-6-19(7-5-18)12(11-3-2-8-23-11)13-14(22)20-15(24-13)16-9-17-20/h2-3,8-9,12,22H,4-7H2,1H3. The fourth-order valence-corrected chi connectivity index (χ4v) is 4.16. The zero-order chi connectivity index (χ0) is 16.7. The van der Waals surface area contributed by atoms with Crippen LogP contribution in [-0.4, -0.2) is 61.6 Å². The molecule has 4 rings (SSSR count). The van der Waals surface area contributed by atoms with E-state index >= 15 is 0 Å². The normalized spacial score (nSPS) is 17.5. The first kappa shape index (κ1) is 15.2. The Kier molecular flexibility index (Phi) is 3.73. The van der Waals surface area contributed by atoms with E-state index in [0.717, 1.165) is 10.6 Å². The van der Waals surface area contributed by atoms with E-state index in [9.17, 15) is 9.90 Å². The molecule has 0 aromatic carbocycles. The van der Waals surface area contributed by atoms with Crippen LogP contribution < -0.4 is 0 Å². The summed E-state index contributed by atoms with van der Waals surface area (Å²) in [6.07, 6.45) is 3.05. The summed E-state index contributed by atoms with van der Waals surface area (Å²) < 4.78 is 7.06. The van der Waals surface area contributed by atoms with Crippen LogP contribution in [0.3, 0.4) is 0 Å². The maximum absolute atomic E-state index is 11.5. The van der Waals surface area contributed by atoms with Gasteiger partial charge in [-0.3, -0.25) is 9.69 Å². The molecule has 0 aliphatic carbocycles. The second kappa shape index (κ2) is 5.91. The summed E-state index contributed by atoms with van der Waals surface area (Å²) in [5.74, 6) is 0.930. The molecule has 0 spiro atoms. The number of fused-ring (bicyclic) bond motifs is 1. The van der Waals surface area contributed by atoms with Crippen molar-refractivity contribution in [2.24, 2.45) is 0 Å². The lowest BCUT2D eigenvalue weighted by atomic mass is 10.1. The van der Waals surface area contributed by atoms with Crippen LogP contribution in [0.5, 0.6) is 5.88 Å². The van der Waals surface area contributed by atoms with Crippen molar-refractivity contribution >= 4 is 22.2 Å². The number of aromatic nitrogens is 3. The Morgan fingerprint density at radius 3 is 2.79 bits per heavy atom. The second-order valence-corrected chi connectivity index (χ2v) is 6.71. The lowest BCUT2D eigenvalue weighted by Crippen LogP contribution is -2.49. The summed E-state index contributed by atoms with van der Waals surface area (Å²) in [4.78, 5) is 21.1. The monoisotopic (exact) mass is 347 g/mol. The Morgan fingerprint density at radius 1 is 1.38 bits per heavy atom. The minimum Gasteiger partial charge on any atom is -0.492 e. The Balaban J connectivity index is 1.69. The number of hydrogen-bond acceptors (Lipinski definition) is 7. The van der Waals surface area contributed by atoms with E-state index in [4.69, 9.17) is 4.42 Å². The number of furan rings is 1. The molecule has 1 amide bonds. The second-order valence-electron chi connectivity index (χ2n) is 5.70. The van der Waals surface area contributed by atoms with Crippen LogP contribution in [0.1, 0.15) is 23.6 Å². The van der Waals surface area contributed by atoms with Crippen molar-refractivity contribution < 1.29 is 14.3 Å². The van der Waals surface area contributed by atoms with Gasteiger partial charge in [0.2, 0.25) is 16.7 Å². The zero-order valence-corrected chi connectivity index (χ0v) is 13.9. The molecule has 3 aromatic heterocycles. The molecule has 126 valence electrons. The van der Waals surface area contributed by atoms with Crippen LogP contribution in [0.4, 0.5) is 0 Å². The number of carbonyl (C=O) groups excluding carboxylic acids is 1. The highest BCUT2D eigenvalue weighted by molar-refractivity contribution is 7.17. The van der Waals surface area contributed by atoms with Gasteiger partial charge in [0.25, 0.3) is 0 Å². The van der Waals surface area contributed by atoms with Crippen LogP contribution in [0.2, 0.25) is 0 Å². The van der Waals surface area contributed by atoms with E-state index in [1.54, 1.807) is 13.2 Å². The molecular weight excluding hydrogens is 330 g/mol. The van der Waals surface area contributed by atoms with Crippen molar-refractivity contribution in [2.45, 2.75) is 13.0 Å². The Labute approximate surface area is 141 Å². The van der Waals surface area contributed by atoms with Crippen molar-refractivity contribution in [3.05, 3.63) is 35.4 Å². The van der Waals surface area contributed by atoms with Gasteiger partial charge >= 0.3 is 0 Å². The van der Waals surface area contributed by atoms with Crippen molar-refractivity contribution in [3.63, 3.8) is 0 Å². The average Bonchev–Trinajstić information content (AvgIpc) is 3.30. The molecule has 9 heteroatoms. The fourth-order valence-electron chi connectivity index (χ4n) is 3.09. The summed E-state index contributed by atoms with van der Waals surface area (Å²) in [6.45, 7) is 4.32. The molecule has 1 aliphatic heterocycles. The van der Waals surface area contributed by atoms with Gasteiger partial charge in [0, 0.05) is 33.1 Å². The quantitative estimate of drug-likeness (QED) is 0.769. The third kappa shape index (κ3) is 2.45. The number of amides is 1. The number of hydrogen-bond donors (Lipinski definition) is 1. The molecule has 1 saturated heterocycles. The van der Waals surface area contributed by atoms with Gasteiger partial charge in [-0.1, -0.05) is 11.3 Å². The summed E-state index contributed by atoms with van der Waals surface area (Å²) in [7, 11) is 0. The van der Waals surface area contributed by atoms with Crippen LogP contribution in [0, 0.1) is 0 Å². The summed E-state index contributed by atoms with van der Waals surface area (Å²) in [5.41, 5.74) is 0. The van der Waals surface area contributed by atoms with E-state index in [1.165, 1.54) is 22.2 Å². The van der Waals surface area contributed by atoms with Gasteiger partial charge in [-0.15, -0.1) is 0 Å². The number of rotatable bonds is 3. The van der Waals surface area contributed by atoms with E-state index < -0.39 is 0 Å². The molecule has 1 atom stereocenters. The topological polar surface area (TPSA) is 87.1 Å². The average molecular weight is 347 g/mol. The van der Waals surface area contributed by atoms with Gasteiger partial charge in [0.1, 0.15) is 18.1 Å². The van der Waals surface area contributed by atoms with Crippen LogP contribution >= 0.6 is 11.3 Å². The zero-order valence-electron chi connectivity index (χ0n) is 13.1. The van der Waals surface area contributed by atoms with Crippen molar-refractivity contribution in [2.75, 3.05) is 26.2 Å². The number of piperazine rings is 1. The summed E-state index contributed by atoms with van der Waals surface area (Å²) in [5, 5.41) is 14.6. The highest BCUT2D eigenvalue weighted by Gasteiger charge is 2.33. The fraction of sp³-hybridized carbons (Fsp3) is 0.400. The van der Waals surface area contributed by atoms with Crippen molar-refractivity contribution in [3.8, 4) is 5.88 Å². The van der Waals surface area contributed by atoms with Gasteiger partial charge in [-0.05, 0) is 12.1 Å². The number of thiazole rings is 1. The molecule has 1 fully saturated rings. The van der Waals surface area contributed by atoms with Crippen molar-refractivity contribution in [1.82, 2.24) is 24.4 Å².